The number of carbonyl (C=O) groups is 1. The zero-order chi connectivity index (χ0) is 28.5. The molecule has 0 bridgehead atoms. The number of aromatic nitrogens is 2. The largest absolute Gasteiger partial charge is 0.490 e. The smallest absolute Gasteiger partial charge is 0.408 e. The molecule has 2 saturated carbocycles. The van der Waals surface area contributed by atoms with Crippen molar-refractivity contribution in [3.8, 4) is 5.75 Å². The standard InChI is InChI=1S/C28H30F4N6O3/c29-18-13-17(12-15-7-11-40-22(15)18)38-24-21(27(25(38)39)8-1-2-9-27)23(34-16-5-6-16)35-20(36-24)14-41-26(33)37-10-3-4-19(37)28(30,31)32/h12-13,16,19,33H,1-11,14H2,(H,34,35,36)/t19-/m1/s1. The lowest BCUT2D eigenvalue weighted by atomic mass is 9.80. The van der Waals surface area contributed by atoms with Crippen LogP contribution in [0.4, 0.5) is 34.9 Å². The van der Waals surface area contributed by atoms with Gasteiger partial charge in [0.05, 0.1) is 23.3 Å². The van der Waals surface area contributed by atoms with Crippen molar-refractivity contribution in [3.63, 3.8) is 0 Å². The summed E-state index contributed by atoms with van der Waals surface area (Å²) in [5.74, 6) is 0.405. The van der Waals surface area contributed by atoms with Gasteiger partial charge in [0.1, 0.15) is 17.7 Å². The van der Waals surface area contributed by atoms with Crippen molar-refractivity contribution >= 4 is 29.3 Å². The zero-order valence-corrected chi connectivity index (χ0v) is 22.3. The van der Waals surface area contributed by atoms with Gasteiger partial charge in [0, 0.05) is 30.6 Å². The third kappa shape index (κ3) is 4.35. The number of nitrogens with zero attached hydrogens (tertiary/aromatic N) is 4. The Morgan fingerprint density at radius 2 is 1.95 bits per heavy atom. The van der Waals surface area contributed by atoms with Crippen LogP contribution in [0.2, 0.25) is 0 Å². The van der Waals surface area contributed by atoms with Crippen LogP contribution in [0.25, 0.3) is 0 Å². The van der Waals surface area contributed by atoms with E-state index < -0.39 is 29.5 Å². The molecule has 3 fully saturated rings. The summed E-state index contributed by atoms with van der Waals surface area (Å²) >= 11 is 0. The molecule has 2 aromatic rings. The molecule has 1 amide bonds. The first kappa shape index (κ1) is 26.3. The topological polar surface area (TPSA) is 104 Å². The number of ether oxygens (including phenoxy) is 2. The SMILES string of the molecule is N=C(OCc1nc(NC2CC2)c2c(n1)N(c1cc(F)c3c(c1)CCO3)C(=O)C21CCCC1)N1CCC[C@@H]1C(F)(F)F. The van der Waals surface area contributed by atoms with Crippen LogP contribution in [0.5, 0.6) is 5.75 Å². The Labute approximate surface area is 233 Å². The van der Waals surface area contributed by atoms with Crippen molar-refractivity contribution in [3.05, 3.63) is 34.9 Å². The molecule has 1 spiro atoms. The molecule has 3 aliphatic heterocycles. The number of benzene rings is 1. The third-order valence-electron chi connectivity index (χ3n) is 8.83. The van der Waals surface area contributed by atoms with Crippen LogP contribution in [-0.4, -0.2) is 58.2 Å². The monoisotopic (exact) mass is 574 g/mol. The Morgan fingerprint density at radius 3 is 2.68 bits per heavy atom. The van der Waals surface area contributed by atoms with E-state index in [9.17, 15) is 18.0 Å². The fourth-order valence-electron chi connectivity index (χ4n) is 6.73. The van der Waals surface area contributed by atoms with Crippen molar-refractivity contribution < 1.29 is 31.8 Å². The van der Waals surface area contributed by atoms with E-state index in [0.29, 0.717) is 60.7 Å². The average molecular weight is 575 g/mol. The van der Waals surface area contributed by atoms with Crippen LogP contribution in [0, 0.1) is 11.2 Å². The molecule has 1 aromatic heterocycles. The first-order chi connectivity index (χ1) is 19.7. The van der Waals surface area contributed by atoms with Crippen LogP contribution in [-0.2, 0) is 28.0 Å². The highest BCUT2D eigenvalue weighted by Crippen LogP contribution is 2.55. The number of anilines is 3. The minimum absolute atomic E-state index is 0.0704. The maximum Gasteiger partial charge on any atom is 0.408 e. The van der Waals surface area contributed by atoms with Crippen molar-refractivity contribution in [2.75, 3.05) is 23.4 Å². The number of alkyl halides is 3. The molecule has 1 atom stereocenters. The molecule has 7 rings (SSSR count). The summed E-state index contributed by atoms with van der Waals surface area (Å²) in [5, 5.41) is 11.7. The second kappa shape index (κ2) is 9.45. The Kier molecular flexibility index (Phi) is 6.06. The van der Waals surface area contributed by atoms with Gasteiger partial charge in [-0.3, -0.25) is 15.1 Å². The van der Waals surface area contributed by atoms with Gasteiger partial charge in [0.2, 0.25) is 5.91 Å². The molecular weight excluding hydrogens is 544 g/mol. The average Bonchev–Trinajstić information content (AvgIpc) is 3.36. The molecule has 13 heteroatoms. The summed E-state index contributed by atoms with van der Waals surface area (Å²) in [6.45, 7) is 0.0797. The number of likely N-dealkylation sites (tertiary alicyclic amines) is 1. The number of rotatable bonds is 5. The molecule has 1 saturated heterocycles. The summed E-state index contributed by atoms with van der Waals surface area (Å²) in [6, 6.07) is 0.874. The van der Waals surface area contributed by atoms with Crippen LogP contribution in [0.15, 0.2) is 12.1 Å². The minimum atomic E-state index is -4.47. The molecular formula is C28H30F4N6O3. The summed E-state index contributed by atoms with van der Waals surface area (Å²) in [5.41, 5.74) is 0.858. The minimum Gasteiger partial charge on any atom is -0.490 e. The maximum absolute atomic E-state index is 15.1. The van der Waals surface area contributed by atoms with Gasteiger partial charge >= 0.3 is 6.18 Å². The van der Waals surface area contributed by atoms with Gasteiger partial charge in [-0.2, -0.15) is 13.2 Å². The van der Waals surface area contributed by atoms with E-state index in [4.69, 9.17) is 24.9 Å². The van der Waals surface area contributed by atoms with E-state index in [1.165, 1.54) is 11.0 Å². The van der Waals surface area contributed by atoms with Crippen molar-refractivity contribution in [1.82, 2.24) is 14.9 Å². The number of amidine groups is 1. The number of amides is 1. The van der Waals surface area contributed by atoms with E-state index in [1.54, 1.807) is 6.07 Å². The molecule has 218 valence electrons. The second-order valence-corrected chi connectivity index (χ2v) is 11.5. The normalized spacial score (nSPS) is 22.7. The molecule has 4 heterocycles. The maximum atomic E-state index is 15.1. The molecule has 2 aliphatic carbocycles. The third-order valence-corrected chi connectivity index (χ3v) is 8.83. The van der Waals surface area contributed by atoms with E-state index in [0.717, 1.165) is 30.6 Å². The number of halogens is 4. The Bertz CT molecular complexity index is 1420. The molecule has 41 heavy (non-hydrogen) atoms. The number of hydrogen-bond acceptors (Lipinski definition) is 7. The predicted octanol–water partition coefficient (Wildman–Crippen LogP) is 5.09. The highest BCUT2D eigenvalue weighted by Gasteiger charge is 2.56. The molecule has 2 N–H and O–H groups in total. The Hall–Kier alpha value is -3.64. The van der Waals surface area contributed by atoms with Crippen LogP contribution < -0.4 is 15.0 Å². The van der Waals surface area contributed by atoms with E-state index >= 15 is 4.39 Å². The summed E-state index contributed by atoms with van der Waals surface area (Å²) in [4.78, 5) is 26.0. The molecule has 1 aromatic carbocycles. The van der Waals surface area contributed by atoms with Crippen LogP contribution in [0.3, 0.4) is 0 Å². The van der Waals surface area contributed by atoms with Gasteiger partial charge in [-0.05, 0) is 44.6 Å². The number of fused-ring (bicyclic) bond motifs is 3. The first-order valence-electron chi connectivity index (χ1n) is 14.2. The van der Waals surface area contributed by atoms with Crippen LogP contribution >= 0.6 is 0 Å². The summed E-state index contributed by atoms with van der Waals surface area (Å²) in [7, 11) is 0. The van der Waals surface area contributed by atoms with Crippen molar-refractivity contribution in [2.45, 2.75) is 88.1 Å². The number of carbonyl (C=O) groups excluding carboxylic acids is 1. The fourth-order valence-corrected chi connectivity index (χ4v) is 6.73. The van der Waals surface area contributed by atoms with Gasteiger partial charge in [0.15, 0.2) is 24.0 Å². The van der Waals surface area contributed by atoms with Crippen molar-refractivity contribution in [1.29, 1.82) is 5.41 Å². The van der Waals surface area contributed by atoms with Gasteiger partial charge in [-0.25, -0.2) is 14.4 Å². The lowest BCUT2D eigenvalue weighted by Gasteiger charge is -2.27. The Morgan fingerprint density at radius 1 is 1.17 bits per heavy atom. The first-order valence-corrected chi connectivity index (χ1v) is 14.2. The summed E-state index contributed by atoms with van der Waals surface area (Å²) in [6.07, 6.45) is 1.10. The van der Waals surface area contributed by atoms with Gasteiger partial charge < -0.3 is 19.7 Å². The van der Waals surface area contributed by atoms with E-state index in [2.05, 4.69) is 5.32 Å². The van der Waals surface area contributed by atoms with Gasteiger partial charge in [-0.1, -0.05) is 12.8 Å². The Balaban J connectivity index is 1.27. The molecule has 0 unspecified atom stereocenters. The molecule has 5 aliphatic rings. The van der Waals surface area contributed by atoms with Crippen LogP contribution in [0.1, 0.15) is 68.3 Å². The number of nitrogens with one attached hydrogen (secondary N) is 2. The second-order valence-electron chi connectivity index (χ2n) is 11.5. The molecule has 9 nitrogen and oxygen atoms in total. The summed E-state index contributed by atoms with van der Waals surface area (Å²) < 4.78 is 66.4. The van der Waals surface area contributed by atoms with Gasteiger partial charge in [-0.15, -0.1) is 0 Å². The number of hydrogen-bond donors (Lipinski definition) is 2. The predicted molar refractivity (Wildman–Crippen MR) is 140 cm³/mol. The van der Waals surface area contributed by atoms with Crippen molar-refractivity contribution in [2.24, 2.45) is 0 Å². The van der Waals surface area contributed by atoms with Gasteiger partial charge in [0.25, 0.3) is 6.02 Å². The molecule has 0 radical (unpaired) electrons. The zero-order valence-electron chi connectivity index (χ0n) is 22.3. The van der Waals surface area contributed by atoms with E-state index in [1.807, 2.05) is 0 Å². The lowest BCUT2D eigenvalue weighted by molar-refractivity contribution is -0.169. The van der Waals surface area contributed by atoms with E-state index in [-0.39, 0.29) is 43.1 Å². The lowest BCUT2D eigenvalue weighted by Crippen LogP contribution is -2.45. The quantitative estimate of drug-likeness (QED) is 0.291. The highest BCUT2D eigenvalue weighted by atomic mass is 19.4. The highest BCUT2D eigenvalue weighted by molar-refractivity contribution is 6.13. The fraction of sp³-hybridized carbons (Fsp3) is 0.571.